The first-order chi connectivity index (χ1) is 16.2. The number of piperazine rings is 1. The molecule has 34 heavy (non-hydrogen) atoms. The molecule has 0 saturated carbocycles. The van der Waals surface area contributed by atoms with Gasteiger partial charge in [0.1, 0.15) is 12.1 Å². The summed E-state index contributed by atoms with van der Waals surface area (Å²) in [5.41, 5.74) is 0.148. The molecular formula is C22H22F3N7O2. The van der Waals surface area contributed by atoms with Gasteiger partial charge in [0.25, 0.3) is 5.78 Å². The Bertz CT molecular complexity index is 1250. The Kier molecular flexibility index (Phi) is 5.37. The summed E-state index contributed by atoms with van der Waals surface area (Å²) in [6, 6.07) is 6.56. The normalized spacial score (nSPS) is 19.4. The van der Waals surface area contributed by atoms with Crippen LogP contribution in [0.1, 0.15) is 17.7 Å². The van der Waals surface area contributed by atoms with Gasteiger partial charge < -0.3 is 14.7 Å². The van der Waals surface area contributed by atoms with Crippen molar-refractivity contribution in [3.63, 3.8) is 0 Å². The van der Waals surface area contributed by atoms with E-state index in [1.807, 2.05) is 13.0 Å². The Labute approximate surface area is 192 Å². The topological polar surface area (TPSA) is 86.9 Å². The maximum absolute atomic E-state index is 13.1. The van der Waals surface area contributed by atoms with Crippen molar-refractivity contribution in [2.24, 2.45) is 5.92 Å². The Balaban J connectivity index is 1.25. The second-order valence-electron chi connectivity index (χ2n) is 8.49. The van der Waals surface area contributed by atoms with Gasteiger partial charge in [-0.1, -0.05) is 6.07 Å². The quantitative estimate of drug-likeness (QED) is 0.580. The zero-order chi connectivity index (χ0) is 24.0. The molecule has 0 radical (unpaired) electrons. The first kappa shape index (κ1) is 22.1. The van der Waals surface area contributed by atoms with E-state index in [0.29, 0.717) is 32.0 Å². The summed E-state index contributed by atoms with van der Waals surface area (Å²) < 4.78 is 40.8. The lowest BCUT2D eigenvalue weighted by Crippen LogP contribution is -2.51. The predicted molar refractivity (Wildman–Crippen MR) is 116 cm³/mol. The first-order valence-corrected chi connectivity index (χ1v) is 10.9. The van der Waals surface area contributed by atoms with Crippen LogP contribution in [0.3, 0.4) is 0 Å². The largest absolute Gasteiger partial charge is 0.416 e. The van der Waals surface area contributed by atoms with Gasteiger partial charge in [0.05, 0.1) is 11.5 Å². The van der Waals surface area contributed by atoms with Gasteiger partial charge in [0.15, 0.2) is 0 Å². The van der Waals surface area contributed by atoms with E-state index in [1.165, 1.54) is 23.4 Å². The van der Waals surface area contributed by atoms with Gasteiger partial charge >= 0.3 is 6.18 Å². The molecule has 1 atom stereocenters. The van der Waals surface area contributed by atoms with Crippen LogP contribution in [0.15, 0.2) is 36.7 Å². The summed E-state index contributed by atoms with van der Waals surface area (Å²) >= 11 is 0. The minimum absolute atomic E-state index is 0.0155. The van der Waals surface area contributed by atoms with Crippen molar-refractivity contribution in [2.45, 2.75) is 19.5 Å². The minimum atomic E-state index is -4.50. The predicted octanol–water partition coefficient (Wildman–Crippen LogP) is 2.15. The third kappa shape index (κ3) is 4.03. The Morgan fingerprint density at radius 3 is 2.62 bits per heavy atom. The number of carbonyl (C=O) groups excluding carboxylic acids is 2. The standard InChI is InChI=1S/C22H22F3N7O2/c1-14-9-18(32-21(28-14)26-13-27-32)29-5-7-30(8-6-29)20(34)15-10-19(33)31(12-15)17-4-2-3-16(11-17)22(23,24)25/h2-4,9,11,13,15H,5-8,10,12H2,1H3. The van der Waals surface area contributed by atoms with E-state index >= 15 is 0 Å². The fraction of sp³-hybridized carbons (Fsp3) is 0.409. The lowest BCUT2D eigenvalue weighted by atomic mass is 10.1. The lowest BCUT2D eigenvalue weighted by Gasteiger charge is -2.37. The van der Waals surface area contributed by atoms with Gasteiger partial charge in [-0.3, -0.25) is 9.59 Å². The van der Waals surface area contributed by atoms with E-state index in [1.54, 1.807) is 9.42 Å². The van der Waals surface area contributed by atoms with E-state index in [9.17, 15) is 22.8 Å². The molecule has 1 aromatic carbocycles. The molecule has 0 N–H and O–H groups in total. The highest BCUT2D eigenvalue weighted by Gasteiger charge is 2.39. The molecule has 2 aliphatic heterocycles. The van der Waals surface area contributed by atoms with Crippen LogP contribution in [0.25, 0.3) is 5.78 Å². The highest BCUT2D eigenvalue weighted by molar-refractivity contribution is 6.00. The fourth-order valence-corrected chi connectivity index (χ4v) is 4.52. The smallest absolute Gasteiger partial charge is 0.353 e. The highest BCUT2D eigenvalue weighted by Crippen LogP contribution is 2.34. The maximum Gasteiger partial charge on any atom is 0.416 e. The monoisotopic (exact) mass is 473 g/mol. The number of halogens is 3. The van der Waals surface area contributed by atoms with Crippen LogP contribution in [-0.2, 0) is 15.8 Å². The number of nitrogens with zero attached hydrogens (tertiary/aromatic N) is 7. The van der Waals surface area contributed by atoms with Crippen molar-refractivity contribution in [1.82, 2.24) is 24.5 Å². The molecule has 5 rings (SSSR count). The molecule has 4 heterocycles. The van der Waals surface area contributed by atoms with Crippen LogP contribution in [0.4, 0.5) is 24.7 Å². The Hall–Kier alpha value is -3.70. The number of hydrogen-bond acceptors (Lipinski definition) is 6. The summed E-state index contributed by atoms with van der Waals surface area (Å²) in [7, 11) is 0. The number of benzene rings is 1. The molecule has 9 nitrogen and oxygen atoms in total. The van der Waals surface area contributed by atoms with Crippen LogP contribution in [0.5, 0.6) is 0 Å². The fourth-order valence-electron chi connectivity index (χ4n) is 4.52. The molecule has 3 aromatic rings. The molecule has 0 spiro atoms. The van der Waals surface area contributed by atoms with Crippen molar-refractivity contribution >= 4 is 29.1 Å². The molecule has 0 bridgehead atoms. The van der Waals surface area contributed by atoms with Crippen LogP contribution in [0.2, 0.25) is 0 Å². The van der Waals surface area contributed by atoms with Crippen molar-refractivity contribution in [1.29, 1.82) is 0 Å². The highest BCUT2D eigenvalue weighted by atomic mass is 19.4. The number of aromatic nitrogens is 4. The number of rotatable bonds is 3. The number of hydrogen-bond donors (Lipinski definition) is 0. The molecule has 2 aromatic heterocycles. The summed E-state index contributed by atoms with van der Waals surface area (Å²) in [6.45, 7) is 4.02. The second kappa shape index (κ2) is 8.26. The maximum atomic E-state index is 13.1. The molecule has 2 aliphatic rings. The lowest BCUT2D eigenvalue weighted by molar-refractivity contribution is -0.137. The van der Waals surface area contributed by atoms with Gasteiger partial charge in [0, 0.05) is 56.6 Å². The molecule has 2 amide bonds. The molecule has 2 fully saturated rings. The van der Waals surface area contributed by atoms with Crippen molar-refractivity contribution in [3.05, 3.63) is 47.9 Å². The zero-order valence-electron chi connectivity index (χ0n) is 18.4. The van der Waals surface area contributed by atoms with Gasteiger partial charge in [-0.2, -0.15) is 27.8 Å². The van der Waals surface area contributed by atoms with E-state index in [-0.39, 0.29) is 30.5 Å². The van der Waals surface area contributed by atoms with Crippen LogP contribution in [-0.4, -0.2) is 69.0 Å². The summed E-state index contributed by atoms with van der Waals surface area (Å²) in [4.78, 5) is 39.3. The third-order valence-corrected chi connectivity index (χ3v) is 6.24. The molecule has 0 aliphatic carbocycles. The SMILES string of the molecule is Cc1cc(N2CCN(C(=O)C3CC(=O)N(c4cccc(C(F)(F)F)c4)C3)CC2)n2ncnc2n1. The molecule has 1 unspecified atom stereocenters. The number of alkyl halides is 3. The van der Waals surface area contributed by atoms with Crippen molar-refractivity contribution < 1.29 is 22.8 Å². The number of fused-ring (bicyclic) bond motifs is 1. The van der Waals surface area contributed by atoms with E-state index in [4.69, 9.17) is 0 Å². The van der Waals surface area contributed by atoms with E-state index in [0.717, 1.165) is 23.6 Å². The first-order valence-electron chi connectivity index (χ1n) is 10.9. The molecular weight excluding hydrogens is 451 g/mol. The number of aryl methyl sites for hydroxylation is 1. The van der Waals surface area contributed by atoms with Gasteiger partial charge in [0.2, 0.25) is 11.8 Å². The van der Waals surface area contributed by atoms with Crippen LogP contribution >= 0.6 is 0 Å². The number of amides is 2. The molecule has 178 valence electrons. The van der Waals surface area contributed by atoms with Crippen molar-refractivity contribution in [3.8, 4) is 0 Å². The zero-order valence-corrected chi connectivity index (χ0v) is 18.4. The summed E-state index contributed by atoms with van der Waals surface area (Å²) in [5, 5.41) is 4.23. The van der Waals surface area contributed by atoms with E-state index in [2.05, 4.69) is 20.0 Å². The van der Waals surface area contributed by atoms with Gasteiger partial charge in [-0.15, -0.1) is 0 Å². The Morgan fingerprint density at radius 2 is 1.88 bits per heavy atom. The number of carbonyl (C=O) groups is 2. The molecule has 12 heteroatoms. The van der Waals surface area contributed by atoms with Crippen LogP contribution in [0, 0.1) is 12.8 Å². The summed E-state index contributed by atoms with van der Waals surface area (Å²) in [6.07, 6.45) is -3.07. The van der Waals surface area contributed by atoms with E-state index < -0.39 is 17.7 Å². The minimum Gasteiger partial charge on any atom is -0.353 e. The van der Waals surface area contributed by atoms with Gasteiger partial charge in [-0.25, -0.2) is 4.98 Å². The Morgan fingerprint density at radius 1 is 1.12 bits per heavy atom. The average molecular weight is 473 g/mol. The van der Waals surface area contributed by atoms with Crippen molar-refractivity contribution in [2.75, 3.05) is 42.5 Å². The van der Waals surface area contributed by atoms with Crippen LogP contribution < -0.4 is 9.80 Å². The molecule has 2 saturated heterocycles. The summed E-state index contributed by atoms with van der Waals surface area (Å²) in [5.74, 6) is 0.266. The average Bonchev–Trinajstić information content (AvgIpc) is 3.44. The second-order valence-corrected chi connectivity index (χ2v) is 8.49. The van der Waals surface area contributed by atoms with Gasteiger partial charge in [-0.05, 0) is 25.1 Å². The number of anilines is 2. The third-order valence-electron chi connectivity index (χ3n) is 6.24.